The molecule has 36 heavy (non-hydrogen) atoms. The fraction of sp³-hybridized carbons (Fsp3) is 0.300. The minimum atomic E-state index is -0.485. The molecule has 1 amide bonds. The number of anilines is 1. The van der Waals surface area contributed by atoms with Crippen LogP contribution in [0.5, 0.6) is 0 Å². The number of pyridine rings is 1. The second kappa shape index (κ2) is 10.9. The Labute approximate surface area is 212 Å². The summed E-state index contributed by atoms with van der Waals surface area (Å²) in [7, 11) is 0. The van der Waals surface area contributed by atoms with Crippen molar-refractivity contribution in [3.63, 3.8) is 0 Å². The van der Waals surface area contributed by atoms with Gasteiger partial charge >= 0.3 is 0 Å². The summed E-state index contributed by atoms with van der Waals surface area (Å²) in [6, 6.07) is 22.3. The van der Waals surface area contributed by atoms with E-state index in [-0.39, 0.29) is 11.8 Å². The summed E-state index contributed by atoms with van der Waals surface area (Å²) in [5.74, 6) is 0.669. The number of aryl methyl sites for hydroxylation is 1. The van der Waals surface area contributed by atoms with Crippen LogP contribution >= 0.6 is 0 Å². The molecule has 5 rings (SSSR count). The van der Waals surface area contributed by atoms with Crippen LogP contribution in [0.4, 0.5) is 5.82 Å². The van der Waals surface area contributed by atoms with E-state index in [1.165, 1.54) is 30.4 Å². The van der Waals surface area contributed by atoms with E-state index in [0.717, 1.165) is 16.7 Å². The Morgan fingerprint density at radius 2 is 1.75 bits per heavy atom. The van der Waals surface area contributed by atoms with E-state index in [0.29, 0.717) is 18.4 Å². The lowest BCUT2D eigenvalue weighted by Gasteiger charge is -2.25. The molecule has 0 spiro atoms. The molecule has 1 aliphatic rings. The van der Waals surface area contributed by atoms with Gasteiger partial charge in [0.25, 0.3) is 0 Å². The summed E-state index contributed by atoms with van der Waals surface area (Å²) in [6.07, 6.45) is 9.44. The van der Waals surface area contributed by atoms with Crippen LogP contribution in [0.15, 0.2) is 85.3 Å². The molecule has 0 unspecified atom stereocenters. The molecule has 2 heterocycles. The van der Waals surface area contributed by atoms with Crippen LogP contribution in [0.3, 0.4) is 0 Å². The number of hydrogen-bond donors (Lipinski definition) is 2. The first kappa shape index (κ1) is 23.9. The van der Waals surface area contributed by atoms with Gasteiger partial charge in [-0.2, -0.15) is 5.10 Å². The lowest BCUT2D eigenvalue weighted by atomic mass is 9.93. The molecule has 1 fully saturated rings. The van der Waals surface area contributed by atoms with Gasteiger partial charge in [-0.15, -0.1) is 0 Å². The van der Waals surface area contributed by atoms with Gasteiger partial charge in [0, 0.05) is 30.1 Å². The highest BCUT2D eigenvalue weighted by atomic mass is 16.2. The van der Waals surface area contributed by atoms with E-state index >= 15 is 0 Å². The Morgan fingerprint density at radius 3 is 2.42 bits per heavy atom. The number of hydrogen-bond acceptors (Lipinski definition) is 4. The Morgan fingerprint density at radius 1 is 0.972 bits per heavy atom. The summed E-state index contributed by atoms with van der Waals surface area (Å²) < 4.78 is 2.06. The summed E-state index contributed by atoms with van der Waals surface area (Å²) in [4.78, 5) is 17.9. The van der Waals surface area contributed by atoms with Crippen LogP contribution in [0.2, 0.25) is 0 Å². The third-order valence-electron chi connectivity index (χ3n) is 7.07. The quantitative estimate of drug-likeness (QED) is 0.306. The predicted molar refractivity (Wildman–Crippen MR) is 144 cm³/mol. The highest BCUT2D eigenvalue weighted by Gasteiger charge is 2.22. The topological polar surface area (TPSA) is 71.8 Å². The number of carbonyl (C=O) groups excluding carboxylic acids is 1. The Bertz CT molecular complexity index is 1280. The SMILES string of the molecule is Cc1ccc([C@H](C)CN[C@@H](C(=O)Nc2ccc(-c3cnn(C4CCC4)c3)cn2)c2ccccc2)cc1. The average Bonchev–Trinajstić information content (AvgIpc) is 3.34. The van der Waals surface area contributed by atoms with Gasteiger partial charge in [-0.1, -0.05) is 67.1 Å². The average molecular weight is 480 g/mol. The van der Waals surface area contributed by atoms with Gasteiger partial charge in [-0.05, 0) is 55.4 Å². The molecule has 2 aromatic heterocycles. The summed E-state index contributed by atoms with van der Waals surface area (Å²) in [5, 5.41) is 11.0. The number of rotatable bonds is 9. The molecule has 2 atom stereocenters. The maximum Gasteiger partial charge on any atom is 0.247 e. The van der Waals surface area contributed by atoms with Crippen molar-refractivity contribution in [2.45, 2.75) is 51.1 Å². The van der Waals surface area contributed by atoms with E-state index in [1.807, 2.05) is 48.7 Å². The largest absolute Gasteiger partial charge is 0.309 e. The fourth-order valence-electron chi connectivity index (χ4n) is 4.49. The van der Waals surface area contributed by atoms with Crippen LogP contribution in [-0.4, -0.2) is 27.2 Å². The van der Waals surface area contributed by atoms with E-state index in [1.54, 1.807) is 6.20 Å². The van der Waals surface area contributed by atoms with Gasteiger partial charge < -0.3 is 10.6 Å². The van der Waals surface area contributed by atoms with E-state index in [9.17, 15) is 4.79 Å². The summed E-state index contributed by atoms with van der Waals surface area (Å²) in [6.45, 7) is 4.93. The van der Waals surface area contributed by atoms with Crippen LogP contribution in [0.1, 0.15) is 60.9 Å². The predicted octanol–water partition coefficient (Wildman–Crippen LogP) is 6.05. The number of nitrogens with one attached hydrogen (secondary N) is 2. The van der Waals surface area contributed by atoms with Crippen LogP contribution in [0, 0.1) is 6.92 Å². The third kappa shape index (κ3) is 5.55. The molecule has 1 saturated carbocycles. The Kier molecular flexibility index (Phi) is 7.23. The van der Waals surface area contributed by atoms with Gasteiger partial charge in [-0.3, -0.25) is 9.48 Å². The van der Waals surface area contributed by atoms with Gasteiger partial charge in [0.2, 0.25) is 5.91 Å². The zero-order chi connectivity index (χ0) is 24.9. The molecular weight excluding hydrogens is 446 g/mol. The summed E-state index contributed by atoms with van der Waals surface area (Å²) in [5.41, 5.74) is 5.44. The van der Waals surface area contributed by atoms with E-state index in [2.05, 4.69) is 69.7 Å². The highest BCUT2D eigenvalue weighted by Crippen LogP contribution is 2.32. The number of amides is 1. The number of aromatic nitrogens is 3. The molecule has 6 nitrogen and oxygen atoms in total. The second-order valence-electron chi connectivity index (χ2n) is 9.78. The van der Waals surface area contributed by atoms with Crippen LogP contribution < -0.4 is 10.6 Å². The van der Waals surface area contributed by atoms with Gasteiger partial charge in [0.15, 0.2) is 0 Å². The van der Waals surface area contributed by atoms with Crippen LogP contribution in [0.25, 0.3) is 11.1 Å². The minimum absolute atomic E-state index is 0.129. The normalized spacial score (nSPS) is 15.2. The molecule has 1 aliphatic carbocycles. The zero-order valence-electron chi connectivity index (χ0n) is 20.9. The second-order valence-corrected chi connectivity index (χ2v) is 9.78. The first-order chi connectivity index (χ1) is 17.6. The van der Waals surface area contributed by atoms with Crippen molar-refractivity contribution in [2.75, 3.05) is 11.9 Å². The third-order valence-corrected chi connectivity index (χ3v) is 7.07. The van der Waals surface area contributed by atoms with Gasteiger partial charge in [0.05, 0.1) is 12.2 Å². The summed E-state index contributed by atoms with van der Waals surface area (Å²) >= 11 is 0. The standard InChI is InChI=1S/C30H33N5O/c1-21-11-13-23(14-12-21)22(2)17-32-29(24-7-4-3-5-8-24)30(36)34-28-16-15-25(18-31-28)26-19-33-35(20-26)27-9-6-10-27/h3-5,7-8,11-16,18-20,22,27,29,32H,6,9-10,17H2,1-2H3,(H,31,34,36)/t22-,29-/m1/s1. The van der Waals surface area contributed by atoms with Crippen molar-refractivity contribution in [3.8, 4) is 11.1 Å². The van der Waals surface area contributed by atoms with Crippen molar-refractivity contribution in [1.29, 1.82) is 0 Å². The van der Waals surface area contributed by atoms with Crippen molar-refractivity contribution < 1.29 is 4.79 Å². The number of benzene rings is 2. The molecule has 0 bridgehead atoms. The molecule has 4 aromatic rings. The van der Waals surface area contributed by atoms with E-state index < -0.39 is 6.04 Å². The van der Waals surface area contributed by atoms with Crippen molar-refractivity contribution >= 4 is 11.7 Å². The fourth-order valence-corrected chi connectivity index (χ4v) is 4.49. The number of carbonyl (C=O) groups is 1. The smallest absolute Gasteiger partial charge is 0.247 e. The molecule has 184 valence electrons. The first-order valence-electron chi connectivity index (χ1n) is 12.7. The molecule has 2 aromatic carbocycles. The first-order valence-corrected chi connectivity index (χ1v) is 12.7. The molecule has 0 aliphatic heterocycles. The minimum Gasteiger partial charge on any atom is -0.309 e. The highest BCUT2D eigenvalue weighted by molar-refractivity contribution is 5.95. The lowest BCUT2D eigenvalue weighted by Crippen LogP contribution is -2.35. The molecule has 0 saturated heterocycles. The Hall–Kier alpha value is -3.77. The molecule has 2 N–H and O–H groups in total. The van der Waals surface area contributed by atoms with Crippen molar-refractivity contribution in [2.24, 2.45) is 0 Å². The zero-order valence-corrected chi connectivity index (χ0v) is 20.9. The maximum absolute atomic E-state index is 13.4. The number of nitrogens with zero attached hydrogens (tertiary/aromatic N) is 3. The molecule has 6 heteroatoms. The lowest BCUT2D eigenvalue weighted by molar-refractivity contribution is -0.118. The molecular formula is C30H33N5O. The monoisotopic (exact) mass is 479 g/mol. The Balaban J connectivity index is 1.26. The van der Waals surface area contributed by atoms with Crippen molar-refractivity contribution in [1.82, 2.24) is 20.1 Å². The van der Waals surface area contributed by atoms with E-state index in [4.69, 9.17) is 0 Å². The van der Waals surface area contributed by atoms with Gasteiger partial charge in [0.1, 0.15) is 11.9 Å². The maximum atomic E-state index is 13.4. The molecule has 0 radical (unpaired) electrons. The van der Waals surface area contributed by atoms with Crippen molar-refractivity contribution in [3.05, 3.63) is 102 Å². The van der Waals surface area contributed by atoms with Crippen LogP contribution in [-0.2, 0) is 4.79 Å². The van der Waals surface area contributed by atoms with Gasteiger partial charge in [-0.25, -0.2) is 4.98 Å².